The van der Waals surface area contributed by atoms with Crippen LogP contribution in [0.15, 0.2) is 42.6 Å². The van der Waals surface area contributed by atoms with E-state index in [2.05, 4.69) is 15.6 Å². The lowest BCUT2D eigenvalue weighted by Gasteiger charge is -2.38. The predicted molar refractivity (Wildman–Crippen MR) is 120 cm³/mol. The van der Waals surface area contributed by atoms with Gasteiger partial charge < -0.3 is 20.4 Å². The van der Waals surface area contributed by atoms with Crippen LogP contribution < -0.4 is 15.5 Å². The molecule has 33 heavy (non-hydrogen) atoms. The van der Waals surface area contributed by atoms with E-state index in [9.17, 15) is 22.8 Å². The summed E-state index contributed by atoms with van der Waals surface area (Å²) in [6, 6.07) is 8.28. The Morgan fingerprint density at radius 3 is 2.24 bits per heavy atom. The summed E-state index contributed by atoms with van der Waals surface area (Å²) in [4.78, 5) is 32.6. The van der Waals surface area contributed by atoms with Crippen LogP contribution >= 0.6 is 0 Å². The fraction of sp³-hybridized carbons (Fsp3) is 0.435. The number of pyridine rings is 1. The van der Waals surface area contributed by atoms with Crippen molar-refractivity contribution in [3.8, 4) is 0 Å². The molecule has 3 amide bonds. The first-order chi connectivity index (χ1) is 15.6. The van der Waals surface area contributed by atoms with E-state index in [1.54, 1.807) is 17.0 Å². The van der Waals surface area contributed by atoms with Gasteiger partial charge >= 0.3 is 12.2 Å². The molecule has 1 fully saturated rings. The highest BCUT2D eigenvalue weighted by Crippen LogP contribution is 2.35. The number of anilines is 2. The maximum absolute atomic E-state index is 13.3. The maximum atomic E-state index is 13.3. The van der Waals surface area contributed by atoms with Crippen molar-refractivity contribution in [2.75, 3.05) is 36.4 Å². The van der Waals surface area contributed by atoms with Crippen molar-refractivity contribution >= 4 is 23.4 Å². The predicted octanol–water partition coefficient (Wildman–Crippen LogP) is 3.90. The zero-order chi connectivity index (χ0) is 24.2. The molecule has 7 nitrogen and oxygen atoms in total. The molecule has 1 unspecified atom stereocenters. The van der Waals surface area contributed by atoms with E-state index >= 15 is 0 Å². The molecule has 0 spiro atoms. The van der Waals surface area contributed by atoms with E-state index in [1.807, 2.05) is 32.9 Å². The van der Waals surface area contributed by atoms with Crippen molar-refractivity contribution in [3.63, 3.8) is 0 Å². The first-order valence-electron chi connectivity index (χ1n) is 10.8. The number of halogens is 3. The molecule has 1 aliphatic heterocycles. The van der Waals surface area contributed by atoms with Crippen LogP contribution in [-0.4, -0.2) is 54.0 Å². The molecule has 1 saturated heterocycles. The summed E-state index contributed by atoms with van der Waals surface area (Å²) in [7, 11) is 0. The number of carbonyl (C=O) groups is 2. The van der Waals surface area contributed by atoms with Crippen molar-refractivity contribution in [2.24, 2.45) is 5.92 Å². The third kappa shape index (κ3) is 6.15. The quantitative estimate of drug-likeness (QED) is 0.705. The van der Waals surface area contributed by atoms with E-state index < -0.39 is 23.8 Å². The van der Waals surface area contributed by atoms with E-state index in [-0.39, 0.29) is 43.8 Å². The molecule has 1 atom stereocenters. The fourth-order valence-electron chi connectivity index (χ4n) is 3.66. The van der Waals surface area contributed by atoms with Gasteiger partial charge in [0.25, 0.3) is 0 Å². The Kier molecular flexibility index (Phi) is 7.45. The van der Waals surface area contributed by atoms with Crippen molar-refractivity contribution < 1.29 is 22.8 Å². The summed E-state index contributed by atoms with van der Waals surface area (Å²) < 4.78 is 40.0. The molecule has 0 saturated carbocycles. The summed E-state index contributed by atoms with van der Waals surface area (Å²) in [5.74, 6) is -0.569. The molecule has 1 aliphatic rings. The second-order valence-electron chi connectivity index (χ2n) is 8.37. The highest BCUT2D eigenvalue weighted by molar-refractivity contribution is 5.94. The van der Waals surface area contributed by atoms with Crippen molar-refractivity contribution in [3.05, 3.63) is 53.7 Å². The standard InChI is InChI=1S/C23H28F3N5O2/c1-15(2)19(29-22(33)28-17-8-6-16(3)7-9-17)21(32)31-13-11-30(12-14-31)20-18(23(24,25)26)5-4-10-27-20/h4-10,15,19H,11-14H2,1-3H3,(H2,28,29,33). The first-order valence-corrected chi connectivity index (χ1v) is 10.8. The Hall–Kier alpha value is -3.30. The Labute approximate surface area is 191 Å². The number of alkyl halides is 3. The zero-order valence-corrected chi connectivity index (χ0v) is 18.8. The van der Waals surface area contributed by atoms with E-state index in [0.717, 1.165) is 11.6 Å². The van der Waals surface area contributed by atoms with Crippen molar-refractivity contribution in [2.45, 2.75) is 33.0 Å². The largest absolute Gasteiger partial charge is 0.419 e. The normalized spacial score (nSPS) is 15.4. The third-order valence-electron chi connectivity index (χ3n) is 5.51. The van der Waals surface area contributed by atoms with Gasteiger partial charge in [0, 0.05) is 38.1 Å². The minimum Gasteiger partial charge on any atom is -0.353 e. The smallest absolute Gasteiger partial charge is 0.353 e. The molecule has 1 aromatic carbocycles. The van der Waals surface area contributed by atoms with Gasteiger partial charge in [0.15, 0.2) is 0 Å². The number of nitrogens with one attached hydrogen (secondary N) is 2. The molecule has 2 N–H and O–H groups in total. The van der Waals surface area contributed by atoms with Crippen LogP contribution in [0.25, 0.3) is 0 Å². The highest BCUT2D eigenvalue weighted by Gasteiger charge is 2.37. The third-order valence-corrected chi connectivity index (χ3v) is 5.51. The lowest BCUT2D eigenvalue weighted by Crippen LogP contribution is -2.57. The number of piperazine rings is 1. The number of urea groups is 1. The SMILES string of the molecule is Cc1ccc(NC(=O)NC(C(=O)N2CCN(c3ncccc3C(F)(F)F)CC2)C(C)C)cc1. The second-order valence-corrected chi connectivity index (χ2v) is 8.37. The average Bonchev–Trinajstić information content (AvgIpc) is 2.78. The molecule has 2 heterocycles. The lowest BCUT2D eigenvalue weighted by molar-refractivity contribution is -0.138. The van der Waals surface area contributed by atoms with Crippen LogP contribution in [0, 0.1) is 12.8 Å². The summed E-state index contributed by atoms with van der Waals surface area (Å²) in [6.45, 7) is 6.49. The van der Waals surface area contributed by atoms with Crippen LogP contribution in [-0.2, 0) is 11.0 Å². The summed E-state index contributed by atoms with van der Waals surface area (Å²) in [6.07, 6.45) is -3.18. The number of aryl methyl sites for hydroxylation is 1. The molecular weight excluding hydrogens is 435 g/mol. The maximum Gasteiger partial charge on any atom is 0.419 e. The van der Waals surface area contributed by atoms with Crippen LogP contribution in [0.4, 0.5) is 29.5 Å². The average molecular weight is 464 g/mol. The van der Waals surface area contributed by atoms with E-state index in [1.165, 1.54) is 17.2 Å². The molecule has 0 aliphatic carbocycles. The molecule has 10 heteroatoms. The number of amides is 3. The summed E-state index contributed by atoms with van der Waals surface area (Å²) in [5.41, 5.74) is 0.875. The summed E-state index contributed by atoms with van der Waals surface area (Å²) >= 11 is 0. The monoisotopic (exact) mass is 463 g/mol. The van der Waals surface area contributed by atoms with Gasteiger partial charge in [-0.3, -0.25) is 4.79 Å². The fourth-order valence-corrected chi connectivity index (χ4v) is 3.66. The minimum atomic E-state index is -4.51. The molecule has 178 valence electrons. The Morgan fingerprint density at radius 2 is 1.67 bits per heavy atom. The van der Waals surface area contributed by atoms with Crippen molar-refractivity contribution in [1.82, 2.24) is 15.2 Å². The Balaban J connectivity index is 1.62. The van der Waals surface area contributed by atoms with Crippen LogP contribution in [0.2, 0.25) is 0 Å². The van der Waals surface area contributed by atoms with Gasteiger partial charge in [-0.05, 0) is 37.1 Å². The molecule has 0 bridgehead atoms. The lowest BCUT2D eigenvalue weighted by atomic mass is 10.0. The van der Waals surface area contributed by atoms with Gasteiger partial charge in [0.05, 0.1) is 5.56 Å². The minimum absolute atomic E-state index is 0.131. The molecule has 0 radical (unpaired) electrons. The zero-order valence-electron chi connectivity index (χ0n) is 18.8. The highest BCUT2D eigenvalue weighted by atomic mass is 19.4. The Bertz CT molecular complexity index is 971. The van der Waals surface area contributed by atoms with Gasteiger partial charge in [0.1, 0.15) is 11.9 Å². The molecular formula is C23H28F3N5O2. The van der Waals surface area contributed by atoms with E-state index in [0.29, 0.717) is 5.69 Å². The number of hydrogen-bond acceptors (Lipinski definition) is 4. The molecule has 3 rings (SSSR count). The van der Waals surface area contributed by atoms with Gasteiger partial charge in [-0.15, -0.1) is 0 Å². The van der Waals surface area contributed by atoms with Gasteiger partial charge in [-0.2, -0.15) is 13.2 Å². The van der Waals surface area contributed by atoms with Gasteiger partial charge in [-0.1, -0.05) is 31.5 Å². The number of aromatic nitrogens is 1. The summed E-state index contributed by atoms with van der Waals surface area (Å²) in [5, 5.41) is 5.45. The number of nitrogens with zero attached hydrogens (tertiary/aromatic N) is 3. The number of hydrogen-bond donors (Lipinski definition) is 2. The molecule has 1 aromatic heterocycles. The number of benzene rings is 1. The van der Waals surface area contributed by atoms with E-state index in [4.69, 9.17) is 0 Å². The van der Waals surface area contributed by atoms with Crippen LogP contribution in [0.3, 0.4) is 0 Å². The van der Waals surface area contributed by atoms with Gasteiger partial charge in [-0.25, -0.2) is 9.78 Å². The first kappa shape index (κ1) is 24.3. The molecule has 2 aromatic rings. The number of rotatable bonds is 5. The second kappa shape index (κ2) is 10.1. The topological polar surface area (TPSA) is 77.6 Å². The van der Waals surface area contributed by atoms with Gasteiger partial charge in [0.2, 0.25) is 5.91 Å². The number of carbonyl (C=O) groups excluding carboxylic acids is 2. The van der Waals surface area contributed by atoms with Crippen LogP contribution in [0.1, 0.15) is 25.0 Å². The van der Waals surface area contributed by atoms with Crippen molar-refractivity contribution in [1.29, 1.82) is 0 Å². The Morgan fingerprint density at radius 1 is 1.03 bits per heavy atom. The van der Waals surface area contributed by atoms with Crippen LogP contribution in [0.5, 0.6) is 0 Å².